The SMILES string of the molecule is CC(C)C(O)C(C)(C)CNC(=O)NCCC1CCN(C)CC1. The fourth-order valence-corrected chi connectivity index (χ4v) is 3.12. The number of aliphatic hydroxyl groups is 1. The predicted octanol–water partition coefficient (Wildman–Crippen LogP) is 2.06. The van der Waals surface area contributed by atoms with Crippen LogP contribution in [-0.2, 0) is 0 Å². The lowest BCUT2D eigenvalue weighted by atomic mass is 9.81. The monoisotopic (exact) mass is 313 g/mol. The summed E-state index contributed by atoms with van der Waals surface area (Å²) in [5, 5.41) is 16.0. The second kappa shape index (κ2) is 8.73. The number of aliphatic hydroxyl groups excluding tert-OH is 1. The van der Waals surface area contributed by atoms with Crippen molar-refractivity contribution < 1.29 is 9.90 Å². The molecule has 5 heteroatoms. The van der Waals surface area contributed by atoms with Crippen LogP contribution >= 0.6 is 0 Å². The van der Waals surface area contributed by atoms with Crippen LogP contribution in [0.4, 0.5) is 4.79 Å². The fourth-order valence-electron chi connectivity index (χ4n) is 3.12. The number of carbonyl (C=O) groups excluding carboxylic acids is 1. The first-order chi connectivity index (χ1) is 10.2. The highest BCUT2D eigenvalue weighted by molar-refractivity contribution is 5.73. The number of likely N-dealkylation sites (tertiary alicyclic amines) is 1. The summed E-state index contributed by atoms with van der Waals surface area (Å²) in [6.45, 7) is 11.5. The van der Waals surface area contributed by atoms with E-state index >= 15 is 0 Å². The number of nitrogens with one attached hydrogen (secondary N) is 2. The Bertz CT molecular complexity index is 337. The van der Waals surface area contributed by atoms with Crippen molar-refractivity contribution in [2.45, 2.75) is 53.1 Å². The molecule has 0 spiro atoms. The molecule has 3 N–H and O–H groups in total. The van der Waals surface area contributed by atoms with Crippen molar-refractivity contribution in [3.05, 3.63) is 0 Å². The molecule has 0 aromatic rings. The van der Waals surface area contributed by atoms with Gasteiger partial charge in [-0.15, -0.1) is 0 Å². The molecule has 0 aromatic heterocycles. The molecule has 1 fully saturated rings. The summed E-state index contributed by atoms with van der Waals surface area (Å²) in [6, 6.07) is -0.128. The number of urea groups is 1. The molecule has 22 heavy (non-hydrogen) atoms. The first-order valence-corrected chi connectivity index (χ1v) is 8.60. The van der Waals surface area contributed by atoms with E-state index < -0.39 is 6.10 Å². The average molecular weight is 313 g/mol. The molecule has 1 saturated heterocycles. The maximum atomic E-state index is 11.9. The zero-order chi connectivity index (χ0) is 16.8. The summed E-state index contributed by atoms with van der Waals surface area (Å²) in [4.78, 5) is 14.2. The number of carbonyl (C=O) groups is 1. The molecule has 2 amide bonds. The van der Waals surface area contributed by atoms with Gasteiger partial charge in [-0.2, -0.15) is 0 Å². The molecule has 1 aliphatic rings. The molecule has 130 valence electrons. The highest BCUT2D eigenvalue weighted by atomic mass is 16.3. The third kappa shape index (κ3) is 6.53. The van der Waals surface area contributed by atoms with E-state index in [2.05, 4.69) is 22.6 Å². The molecule has 0 aromatic carbocycles. The second-order valence-electron chi connectivity index (χ2n) is 7.82. The highest BCUT2D eigenvalue weighted by Crippen LogP contribution is 2.25. The van der Waals surface area contributed by atoms with Gasteiger partial charge in [0, 0.05) is 18.5 Å². The van der Waals surface area contributed by atoms with Crippen LogP contribution in [0.2, 0.25) is 0 Å². The summed E-state index contributed by atoms with van der Waals surface area (Å²) in [7, 11) is 2.16. The Labute approximate surface area is 135 Å². The van der Waals surface area contributed by atoms with E-state index in [4.69, 9.17) is 0 Å². The van der Waals surface area contributed by atoms with E-state index in [1.807, 2.05) is 27.7 Å². The normalized spacial score (nSPS) is 19.2. The van der Waals surface area contributed by atoms with Crippen LogP contribution < -0.4 is 10.6 Å². The number of hydrogen-bond donors (Lipinski definition) is 3. The van der Waals surface area contributed by atoms with Crippen LogP contribution in [-0.4, -0.2) is 55.4 Å². The minimum atomic E-state index is -0.424. The third-order valence-electron chi connectivity index (χ3n) is 4.81. The van der Waals surface area contributed by atoms with Crippen LogP contribution in [0.3, 0.4) is 0 Å². The number of amides is 2. The van der Waals surface area contributed by atoms with Crippen LogP contribution in [0.5, 0.6) is 0 Å². The maximum absolute atomic E-state index is 11.9. The molecule has 0 saturated carbocycles. The van der Waals surface area contributed by atoms with E-state index in [1.54, 1.807) is 0 Å². The van der Waals surface area contributed by atoms with E-state index in [1.165, 1.54) is 12.8 Å². The minimum absolute atomic E-state index is 0.128. The van der Waals surface area contributed by atoms with Gasteiger partial charge in [0.05, 0.1) is 6.10 Å². The Hall–Kier alpha value is -0.810. The van der Waals surface area contributed by atoms with Crippen molar-refractivity contribution >= 4 is 6.03 Å². The summed E-state index contributed by atoms with van der Waals surface area (Å²) < 4.78 is 0. The van der Waals surface area contributed by atoms with Gasteiger partial charge in [0.15, 0.2) is 0 Å². The Morgan fingerprint density at radius 1 is 1.27 bits per heavy atom. The standard InChI is InChI=1S/C17H35N3O2/c1-13(2)15(21)17(3,4)12-19-16(22)18-9-6-14-7-10-20(5)11-8-14/h13-15,21H,6-12H2,1-5H3,(H2,18,19,22). The largest absolute Gasteiger partial charge is 0.392 e. The molecule has 1 unspecified atom stereocenters. The fraction of sp³-hybridized carbons (Fsp3) is 0.941. The van der Waals surface area contributed by atoms with E-state index in [-0.39, 0.29) is 17.4 Å². The summed E-state index contributed by atoms with van der Waals surface area (Å²) >= 11 is 0. The van der Waals surface area contributed by atoms with Gasteiger partial charge in [0.2, 0.25) is 0 Å². The molecule has 0 aliphatic carbocycles. The van der Waals surface area contributed by atoms with Crippen molar-refractivity contribution in [2.24, 2.45) is 17.3 Å². The third-order valence-corrected chi connectivity index (χ3v) is 4.81. The summed E-state index contributed by atoms with van der Waals surface area (Å²) in [5.41, 5.74) is -0.320. The Morgan fingerprint density at radius 3 is 2.41 bits per heavy atom. The first-order valence-electron chi connectivity index (χ1n) is 8.60. The summed E-state index contributed by atoms with van der Waals surface area (Å²) in [5.74, 6) is 0.917. The molecular formula is C17H35N3O2. The maximum Gasteiger partial charge on any atom is 0.314 e. The number of hydrogen-bond acceptors (Lipinski definition) is 3. The molecule has 0 radical (unpaired) electrons. The van der Waals surface area contributed by atoms with Crippen LogP contribution in [0, 0.1) is 17.3 Å². The van der Waals surface area contributed by atoms with Crippen molar-refractivity contribution in [3.63, 3.8) is 0 Å². The van der Waals surface area contributed by atoms with Crippen molar-refractivity contribution in [1.29, 1.82) is 0 Å². The van der Waals surface area contributed by atoms with Crippen LogP contribution in [0.1, 0.15) is 47.0 Å². The Balaban J connectivity index is 2.18. The number of rotatable bonds is 7. The molecule has 1 heterocycles. The number of piperidine rings is 1. The molecule has 1 rings (SSSR count). The average Bonchev–Trinajstić information content (AvgIpc) is 2.46. The van der Waals surface area contributed by atoms with E-state index in [9.17, 15) is 9.90 Å². The highest BCUT2D eigenvalue weighted by Gasteiger charge is 2.30. The summed E-state index contributed by atoms with van der Waals surface area (Å²) in [6.07, 6.45) is 3.09. The van der Waals surface area contributed by atoms with Crippen molar-refractivity contribution in [3.8, 4) is 0 Å². The van der Waals surface area contributed by atoms with Gasteiger partial charge in [-0.25, -0.2) is 4.79 Å². The van der Waals surface area contributed by atoms with Gasteiger partial charge < -0.3 is 20.6 Å². The molecular weight excluding hydrogens is 278 g/mol. The Kier molecular flexibility index (Phi) is 7.63. The van der Waals surface area contributed by atoms with Crippen LogP contribution in [0.15, 0.2) is 0 Å². The minimum Gasteiger partial charge on any atom is -0.392 e. The molecule has 0 bridgehead atoms. The lowest BCUT2D eigenvalue weighted by Gasteiger charge is -2.33. The molecule has 1 atom stereocenters. The number of nitrogens with zero attached hydrogens (tertiary/aromatic N) is 1. The Morgan fingerprint density at radius 2 is 1.86 bits per heavy atom. The zero-order valence-electron chi connectivity index (χ0n) is 15.0. The smallest absolute Gasteiger partial charge is 0.314 e. The van der Waals surface area contributed by atoms with E-state index in [0.29, 0.717) is 6.54 Å². The molecule has 5 nitrogen and oxygen atoms in total. The zero-order valence-corrected chi connectivity index (χ0v) is 15.0. The lowest BCUT2D eigenvalue weighted by Crippen LogP contribution is -2.46. The van der Waals surface area contributed by atoms with Gasteiger partial charge in [0.25, 0.3) is 0 Å². The second-order valence-corrected chi connectivity index (χ2v) is 7.82. The molecule has 1 aliphatic heterocycles. The quantitative estimate of drug-likeness (QED) is 0.674. The van der Waals surface area contributed by atoms with Crippen molar-refractivity contribution in [2.75, 3.05) is 33.2 Å². The first kappa shape index (κ1) is 19.2. The predicted molar refractivity (Wildman–Crippen MR) is 90.9 cm³/mol. The van der Waals surface area contributed by atoms with Gasteiger partial charge >= 0.3 is 6.03 Å². The van der Waals surface area contributed by atoms with Gasteiger partial charge in [0.1, 0.15) is 0 Å². The van der Waals surface area contributed by atoms with Gasteiger partial charge in [-0.05, 0) is 51.2 Å². The van der Waals surface area contributed by atoms with Gasteiger partial charge in [-0.1, -0.05) is 27.7 Å². The van der Waals surface area contributed by atoms with Gasteiger partial charge in [-0.3, -0.25) is 0 Å². The van der Waals surface area contributed by atoms with Crippen LogP contribution in [0.25, 0.3) is 0 Å². The topological polar surface area (TPSA) is 64.6 Å². The lowest BCUT2D eigenvalue weighted by molar-refractivity contribution is 0.0151. The van der Waals surface area contributed by atoms with Crippen molar-refractivity contribution in [1.82, 2.24) is 15.5 Å². The van der Waals surface area contributed by atoms with E-state index in [0.717, 1.165) is 32.0 Å².